The molecule has 0 rings (SSSR count). The summed E-state index contributed by atoms with van der Waals surface area (Å²) in [6.07, 6.45) is 12.2. The molecule has 0 aliphatic rings. The minimum atomic E-state index is 0.485. The van der Waals surface area contributed by atoms with Crippen LogP contribution in [0.2, 0.25) is 0 Å². The molecule has 0 aliphatic heterocycles. The second kappa shape index (κ2) is 9.40. The molecule has 0 bridgehead atoms. The Morgan fingerprint density at radius 3 is 1.33 bits per heavy atom. The molecular formula is C14H29P. The highest BCUT2D eigenvalue weighted by atomic mass is 31.0. The molecule has 0 heterocycles. The average molecular weight is 228 g/mol. The first-order valence-corrected chi connectivity index (χ1v) is 7.34. The van der Waals surface area contributed by atoms with Crippen molar-refractivity contribution in [1.29, 1.82) is 0 Å². The van der Waals surface area contributed by atoms with E-state index in [-0.39, 0.29) is 0 Å². The van der Waals surface area contributed by atoms with Gasteiger partial charge in [0.05, 0.1) is 0 Å². The number of unbranched alkanes of at least 4 members (excludes halogenated alkanes) is 3. The monoisotopic (exact) mass is 228 g/mol. The Morgan fingerprint density at radius 1 is 0.800 bits per heavy atom. The summed E-state index contributed by atoms with van der Waals surface area (Å²) in [6, 6.07) is 0. The smallest absolute Gasteiger partial charge is 0.00776 e. The van der Waals surface area contributed by atoms with E-state index < -0.39 is 0 Å². The molecule has 0 aromatic rings. The molecule has 0 spiro atoms. The van der Waals surface area contributed by atoms with Gasteiger partial charge in [0.2, 0.25) is 0 Å². The van der Waals surface area contributed by atoms with E-state index in [1.54, 1.807) is 0 Å². The lowest BCUT2D eigenvalue weighted by Crippen LogP contribution is -2.21. The van der Waals surface area contributed by atoms with Gasteiger partial charge in [-0.25, -0.2) is 0 Å². The maximum absolute atomic E-state index is 3.69. The van der Waals surface area contributed by atoms with Crippen LogP contribution in [0.5, 0.6) is 0 Å². The molecular weight excluding hydrogens is 199 g/mol. The van der Waals surface area contributed by atoms with Crippen LogP contribution in [0, 0.1) is 5.41 Å². The molecule has 90 valence electrons. The van der Waals surface area contributed by atoms with Crippen LogP contribution in [0.4, 0.5) is 0 Å². The average Bonchev–Trinajstić information content (AvgIpc) is 2.29. The summed E-state index contributed by atoms with van der Waals surface area (Å²) < 4.78 is 0. The van der Waals surface area contributed by atoms with Gasteiger partial charge in [-0.3, -0.25) is 0 Å². The summed E-state index contributed by atoms with van der Waals surface area (Å²) >= 11 is 0. The van der Waals surface area contributed by atoms with Gasteiger partial charge >= 0.3 is 0 Å². The quantitative estimate of drug-likeness (QED) is 0.434. The fourth-order valence-corrected chi connectivity index (χ4v) is 2.61. The van der Waals surface area contributed by atoms with E-state index in [0.29, 0.717) is 5.41 Å². The van der Waals surface area contributed by atoms with Gasteiger partial charge in [0, 0.05) is 0 Å². The van der Waals surface area contributed by atoms with E-state index in [9.17, 15) is 0 Å². The van der Waals surface area contributed by atoms with E-state index in [1.807, 2.05) is 0 Å². The van der Waals surface area contributed by atoms with Crippen molar-refractivity contribution in [2.45, 2.75) is 78.6 Å². The fraction of sp³-hybridized carbons (Fsp3) is 0.929. The van der Waals surface area contributed by atoms with E-state index in [1.165, 1.54) is 57.8 Å². The predicted octanol–water partition coefficient (Wildman–Crippen LogP) is 5.49. The highest BCUT2D eigenvalue weighted by molar-refractivity contribution is 7.18. The van der Waals surface area contributed by atoms with Crippen LogP contribution in [0.15, 0.2) is 0 Å². The van der Waals surface area contributed by atoms with E-state index >= 15 is 0 Å². The molecule has 0 saturated heterocycles. The molecule has 0 saturated carbocycles. The Morgan fingerprint density at radius 2 is 1.13 bits per heavy atom. The molecule has 0 atom stereocenters. The number of hydrogen-bond donors (Lipinski definition) is 0. The Bertz CT molecular complexity index is 130. The molecule has 0 amide bonds. The largest absolute Gasteiger partial charge is 0.126 e. The zero-order valence-corrected chi connectivity index (χ0v) is 11.9. The highest BCUT2D eigenvalue weighted by Crippen LogP contribution is 2.35. The Hall–Kier alpha value is 0.170. The van der Waals surface area contributed by atoms with E-state index in [2.05, 4.69) is 35.4 Å². The van der Waals surface area contributed by atoms with Gasteiger partial charge in [0.1, 0.15) is 0 Å². The number of hydrogen-bond acceptors (Lipinski definition) is 0. The summed E-state index contributed by atoms with van der Waals surface area (Å²) in [6.45, 7) is 6.87. The standard InChI is InChI=1S/C14H29P/c1-4-7-10-14(13-15,11-8-5-2)12-9-6-3/h13,15H,4-12H2,1-3H3. The zero-order chi connectivity index (χ0) is 11.6. The van der Waals surface area contributed by atoms with Crippen molar-refractivity contribution in [3.63, 3.8) is 0 Å². The van der Waals surface area contributed by atoms with Gasteiger partial charge in [0.25, 0.3) is 0 Å². The van der Waals surface area contributed by atoms with Crippen molar-refractivity contribution in [3.8, 4) is 0 Å². The van der Waals surface area contributed by atoms with Gasteiger partial charge in [-0.2, -0.15) is 0 Å². The van der Waals surface area contributed by atoms with Crippen molar-refractivity contribution in [2.75, 3.05) is 0 Å². The maximum atomic E-state index is 3.69. The second-order valence-electron chi connectivity index (χ2n) is 4.82. The van der Waals surface area contributed by atoms with Gasteiger partial charge in [0.15, 0.2) is 0 Å². The molecule has 0 aromatic heterocycles. The lowest BCUT2D eigenvalue weighted by atomic mass is 9.76. The summed E-state index contributed by atoms with van der Waals surface area (Å²) in [4.78, 5) is 0. The first-order valence-electron chi connectivity index (χ1n) is 6.76. The van der Waals surface area contributed by atoms with Crippen LogP contribution in [0.25, 0.3) is 0 Å². The van der Waals surface area contributed by atoms with Crippen molar-refractivity contribution in [1.82, 2.24) is 0 Å². The normalized spacial score (nSPS) is 11.7. The van der Waals surface area contributed by atoms with Crippen molar-refractivity contribution >= 4 is 14.7 Å². The topological polar surface area (TPSA) is 0 Å². The molecule has 1 heteroatoms. The Balaban J connectivity index is 4.23. The van der Waals surface area contributed by atoms with Crippen molar-refractivity contribution in [2.24, 2.45) is 5.41 Å². The molecule has 0 radical (unpaired) electrons. The van der Waals surface area contributed by atoms with Gasteiger partial charge < -0.3 is 0 Å². The predicted molar refractivity (Wildman–Crippen MR) is 75.4 cm³/mol. The van der Waals surface area contributed by atoms with Crippen LogP contribution < -0.4 is 0 Å². The SMILES string of the molecule is CCCCC(C=P)(CCCC)CCCC. The first-order chi connectivity index (χ1) is 7.24. The molecule has 0 unspecified atom stereocenters. The fourth-order valence-electron chi connectivity index (χ4n) is 2.18. The molecule has 15 heavy (non-hydrogen) atoms. The summed E-state index contributed by atoms with van der Waals surface area (Å²) in [5.41, 5.74) is 0.485. The zero-order valence-electron chi connectivity index (χ0n) is 10.9. The minimum absolute atomic E-state index is 0.485. The first kappa shape index (κ1) is 15.2. The van der Waals surface area contributed by atoms with Gasteiger partial charge in [-0.15, -0.1) is 8.86 Å². The third-order valence-electron chi connectivity index (χ3n) is 3.39. The lowest BCUT2D eigenvalue weighted by Gasteiger charge is -2.30. The van der Waals surface area contributed by atoms with E-state index in [4.69, 9.17) is 0 Å². The summed E-state index contributed by atoms with van der Waals surface area (Å²) in [7, 11) is 3.69. The summed E-state index contributed by atoms with van der Waals surface area (Å²) in [5, 5.41) is 0. The van der Waals surface area contributed by atoms with Crippen LogP contribution in [0.3, 0.4) is 0 Å². The van der Waals surface area contributed by atoms with Crippen LogP contribution in [-0.2, 0) is 0 Å². The van der Waals surface area contributed by atoms with Crippen LogP contribution in [0.1, 0.15) is 78.6 Å². The summed E-state index contributed by atoms with van der Waals surface area (Å²) in [5.74, 6) is 2.31. The van der Waals surface area contributed by atoms with Crippen molar-refractivity contribution < 1.29 is 0 Å². The Labute approximate surface area is 99.1 Å². The molecule has 0 nitrogen and oxygen atoms in total. The highest BCUT2D eigenvalue weighted by Gasteiger charge is 2.24. The molecule has 0 N–H and O–H groups in total. The molecule has 0 aromatic carbocycles. The second-order valence-corrected chi connectivity index (χ2v) is 5.11. The molecule has 0 aliphatic carbocycles. The number of rotatable bonds is 10. The molecule has 0 fully saturated rings. The third-order valence-corrected chi connectivity index (χ3v) is 4.00. The van der Waals surface area contributed by atoms with Crippen LogP contribution >= 0.6 is 8.86 Å². The van der Waals surface area contributed by atoms with Gasteiger partial charge in [-0.1, -0.05) is 65.1 Å². The van der Waals surface area contributed by atoms with Gasteiger partial charge in [-0.05, 0) is 24.7 Å². The van der Waals surface area contributed by atoms with E-state index in [0.717, 1.165) is 0 Å². The lowest BCUT2D eigenvalue weighted by molar-refractivity contribution is 0.312. The Kier molecular flexibility index (Phi) is 9.51. The third kappa shape index (κ3) is 6.36. The maximum Gasteiger partial charge on any atom is -0.00776 e. The van der Waals surface area contributed by atoms with Crippen molar-refractivity contribution in [3.05, 3.63) is 0 Å². The minimum Gasteiger partial charge on any atom is -0.126 e. The van der Waals surface area contributed by atoms with Crippen LogP contribution in [-0.4, -0.2) is 5.80 Å².